The Balaban J connectivity index is 1.97. The Kier molecular flexibility index (Phi) is 2.97. The molecule has 5 nitrogen and oxygen atoms in total. The summed E-state index contributed by atoms with van der Waals surface area (Å²) in [6.45, 7) is 2.06. The van der Waals surface area contributed by atoms with Crippen LogP contribution in [0.1, 0.15) is 23.8 Å². The van der Waals surface area contributed by atoms with Crippen molar-refractivity contribution in [3.8, 4) is 0 Å². The molecular formula is C12H13N3O2S. The summed E-state index contributed by atoms with van der Waals surface area (Å²) in [6, 6.07) is 4.92. The number of non-ortho nitro benzene ring substituents is 1. The van der Waals surface area contributed by atoms with Gasteiger partial charge in [-0.15, -0.1) is 11.3 Å². The van der Waals surface area contributed by atoms with Gasteiger partial charge in [-0.1, -0.05) is 0 Å². The molecule has 1 aliphatic heterocycles. The highest BCUT2D eigenvalue weighted by Crippen LogP contribution is 2.33. The number of benzene rings is 1. The zero-order chi connectivity index (χ0) is 12.5. The van der Waals surface area contributed by atoms with E-state index >= 15 is 0 Å². The van der Waals surface area contributed by atoms with E-state index in [0.717, 1.165) is 41.2 Å². The van der Waals surface area contributed by atoms with Crippen LogP contribution in [-0.4, -0.2) is 23.0 Å². The van der Waals surface area contributed by atoms with Gasteiger partial charge in [0.25, 0.3) is 5.69 Å². The molecule has 1 saturated heterocycles. The topological polar surface area (TPSA) is 68.1 Å². The van der Waals surface area contributed by atoms with Gasteiger partial charge < -0.3 is 5.32 Å². The molecule has 94 valence electrons. The van der Waals surface area contributed by atoms with E-state index in [1.165, 1.54) is 0 Å². The Morgan fingerprint density at radius 1 is 1.39 bits per heavy atom. The lowest BCUT2D eigenvalue weighted by molar-refractivity contribution is -0.384. The summed E-state index contributed by atoms with van der Waals surface area (Å²) in [5.74, 6) is 0.503. The zero-order valence-corrected chi connectivity index (χ0v) is 10.6. The average Bonchev–Trinajstić information content (AvgIpc) is 2.82. The van der Waals surface area contributed by atoms with Crippen LogP contribution >= 0.6 is 11.3 Å². The average molecular weight is 263 g/mol. The van der Waals surface area contributed by atoms with Crippen LogP contribution in [0.15, 0.2) is 18.2 Å². The summed E-state index contributed by atoms with van der Waals surface area (Å²) in [7, 11) is 0. The summed E-state index contributed by atoms with van der Waals surface area (Å²) < 4.78 is 1.04. The number of hydrogen-bond donors (Lipinski definition) is 1. The Bertz CT molecular complexity index is 590. The largest absolute Gasteiger partial charge is 0.317 e. The first-order valence-electron chi connectivity index (χ1n) is 5.99. The van der Waals surface area contributed by atoms with Crippen molar-refractivity contribution < 1.29 is 4.92 Å². The van der Waals surface area contributed by atoms with Gasteiger partial charge in [0.05, 0.1) is 20.1 Å². The number of rotatable bonds is 2. The molecule has 0 bridgehead atoms. The predicted molar refractivity (Wildman–Crippen MR) is 71.1 cm³/mol. The van der Waals surface area contributed by atoms with E-state index in [1.54, 1.807) is 29.5 Å². The number of nitro benzene ring substituents is 1. The molecule has 6 heteroatoms. The molecule has 2 heterocycles. The smallest absolute Gasteiger partial charge is 0.271 e. The van der Waals surface area contributed by atoms with Crippen molar-refractivity contribution >= 4 is 27.2 Å². The highest BCUT2D eigenvalue weighted by atomic mass is 32.1. The molecule has 0 amide bonds. The fourth-order valence-corrected chi connectivity index (χ4v) is 3.41. The summed E-state index contributed by atoms with van der Waals surface area (Å²) >= 11 is 1.66. The Morgan fingerprint density at radius 2 is 2.17 bits per heavy atom. The number of hydrogen-bond acceptors (Lipinski definition) is 5. The maximum atomic E-state index is 10.7. The third-order valence-corrected chi connectivity index (χ3v) is 4.49. The molecule has 18 heavy (non-hydrogen) atoms. The Labute approximate surface area is 108 Å². The fourth-order valence-electron chi connectivity index (χ4n) is 2.29. The molecule has 0 unspecified atom stereocenters. The van der Waals surface area contributed by atoms with Gasteiger partial charge in [-0.2, -0.15) is 0 Å². The molecule has 0 spiro atoms. The minimum Gasteiger partial charge on any atom is -0.317 e. The second-order valence-corrected chi connectivity index (χ2v) is 5.55. The van der Waals surface area contributed by atoms with Crippen molar-refractivity contribution in [1.29, 1.82) is 0 Å². The van der Waals surface area contributed by atoms with Crippen LogP contribution in [0.4, 0.5) is 5.69 Å². The number of nitrogens with one attached hydrogen (secondary N) is 1. The quantitative estimate of drug-likeness (QED) is 0.668. The van der Waals surface area contributed by atoms with Crippen molar-refractivity contribution in [2.24, 2.45) is 0 Å². The summed E-state index contributed by atoms with van der Waals surface area (Å²) in [5, 5.41) is 15.2. The molecule has 1 N–H and O–H groups in total. The highest BCUT2D eigenvalue weighted by Gasteiger charge is 2.19. The van der Waals surface area contributed by atoms with Gasteiger partial charge >= 0.3 is 0 Å². The summed E-state index contributed by atoms with van der Waals surface area (Å²) in [5.41, 5.74) is 0.868. The van der Waals surface area contributed by atoms with Crippen LogP contribution in [0.5, 0.6) is 0 Å². The number of aromatic nitrogens is 1. The minimum atomic E-state index is -0.372. The number of thiazole rings is 1. The first-order valence-corrected chi connectivity index (χ1v) is 6.81. The van der Waals surface area contributed by atoms with Crippen LogP contribution in [0.2, 0.25) is 0 Å². The van der Waals surface area contributed by atoms with E-state index in [2.05, 4.69) is 10.3 Å². The number of nitrogens with zero attached hydrogens (tertiary/aromatic N) is 2. The van der Waals surface area contributed by atoms with Crippen LogP contribution in [0.25, 0.3) is 10.2 Å². The van der Waals surface area contributed by atoms with Crippen molar-refractivity contribution in [3.05, 3.63) is 33.3 Å². The van der Waals surface area contributed by atoms with E-state index < -0.39 is 0 Å². The van der Waals surface area contributed by atoms with Gasteiger partial charge in [0.15, 0.2) is 0 Å². The Morgan fingerprint density at radius 3 is 2.89 bits per heavy atom. The lowest BCUT2D eigenvalue weighted by Gasteiger charge is -2.20. The molecule has 0 radical (unpaired) electrons. The predicted octanol–water partition coefficient (Wildman–Crippen LogP) is 2.67. The molecule has 1 aliphatic rings. The van der Waals surface area contributed by atoms with Crippen molar-refractivity contribution in [3.63, 3.8) is 0 Å². The molecule has 3 rings (SSSR count). The molecule has 0 atom stereocenters. The molecule has 2 aromatic rings. The zero-order valence-electron chi connectivity index (χ0n) is 9.76. The summed E-state index contributed by atoms with van der Waals surface area (Å²) in [4.78, 5) is 14.9. The van der Waals surface area contributed by atoms with Gasteiger partial charge in [0.1, 0.15) is 0 Å². The second kappa shape index (κ2) is 4.62. The molecule has 1 aromatic heterocycles. The van der Waals surface area contributed by atoms with Gasteiger partial charge in [-0.3, -0.25) is 10.1 Å². The van der Waals surface area contributed by atoms with Crippen molar-refractivity contribution in [2.45, 2.75) is 18.8 Å². The van der Waals surface area contributed by atoms with E-state index in [-0.39, 0.29) is 10.6 Å². The summed E-state index contributed by atoms with van der Waals surface area (Å²) in [6.07, 6.45) is 2.20. The van der Waals surface area contributed by atoms with Gasteiger partial charge in [-0.05, 0) is 32.0 Å². The second-order valence-electron chi connectivity index (χ2n) is 4.49. The highest BCUT2D eigenvalue weighted by molar-refractivity contribution is 7.18. The SMILES string of the molecule is O=[N+]([O-])c1ccc2sc(C3CCNCC3)nc2c1. The number of nitro groups is 1. The van der Waals surface area contributed by atoms with Gasteiger partial charge in [0, 0.05) is 18.1 Å². The lowest BCUT2D eigenvalue weighted by atomic mass is 9.99. The number of piperidine rings is 1. The standard InChI is InChI=1S/C12H13N3O2S/c16-15(17)9-1-2-11-10(7-9)14-12(18-11)8-3-5-13-6-4-8/h1-2,7-8,13H,3-6H2. The molecule has 0 aliphatic carbocycles. The third kappa shape index (κ3) is 2.09. The maximum Gasteiger partial charge on any atom is 0.271 e. The Hall–Kier alpha value is -1.53. The van der Waals surface area contributed by atoms with Crippen LogP contribution in [0, 0.1) is 10.1 Å². The van der Waals surface area contributed by atoms with Crippen molar-refractivity contribution in [1.82, 2.24) is 10.3 Å². The first-order chi connectivity index (χ1) is 8.74. The van der Waals surface area contributed by atoms with Crippen LogP contribution < -0.4 is 5.32 Å². The minimum absolute atomic E-state index is 0.115. The van der Waals surface area contributed by atoms with Crippen molar-refractivity contribution in [2.75, 3.05) is 13.1 Å². The third-order valence-electron chi connectivity index (χ3n) is 3.29. The monoisotopic (exact) mass is 263 g/mol. The normalized spacial score (nSPS) is 17.1. The van der Waals surface area contributed by atoms with E-state index in [4.69, 9.17) is 0 Å². The number of fused-ring (bicyclic) bond motifs is 1. The van der Waals surface area contributed by atoms with Gasteiger partial charge in [0.2, 0.25) is 0 Å². The lowest BCUT2D eigenvalue weighted by Crippen LogP contribution is -2.26. The molecule has 0 saturated carbocycles. The fraction of sp³-hybridized carbons (Fsp3) is 0.417. The van der Waals surface area contributed by atoms with E-state index in [9.17, 15) is 10.1 Å². The van der Waals surface area contributed by atoms with Crippen LogP contribution in [0.3, 0.4) is 0 Å². The van der Waals surface area contributed by atoms with E-state index in [1.807, 2.05) is 0 Å². The molecule has 1 fully saturated rings. The molecule has 1 aromatic carbocycles. The van der Waals surface area contributed by atoms with Crippen LogP contribution in [-0.2, 0) is 0 Å². The maximum absolute atomic E-state index is 10.7. The van der Waals surface area contributed by atoms with E-state index in [0.29, 0.717) is 5.92 Å². The first kappa shape index (κ1) is 11.6. The molecular weight excluding hydrogens is 250 g/mol. The van der Waals surface area contributed by atoms with Gasteiger partial charge in [-0.25, -0.2) is 4.98 Å².